The maximum absolute atomic E-state index is 13.2. The summed E-state index contributed by atoms with van der Waals surface area (Å²) in [4.78, 5) is 14.9. The highest BCUT2D eigenvalue weighted by Crippen LogP contribution is 2.37. The van der Waals surface area contributed by atoms with E-state index in [0.29, 0.717) is 12.5 Å². The van der Waals surface area contributed by atoms with Crippen molar-refractivity contribution in [1.82, 2.24) is 4.98 Å². The van der Waals surface area contributed by atoms with Crippen LogP contribution in [0.1, 0.15) is 18.4 Å². The lowest BCUT2D eigenvalue weighted by atomic mass is 10.1. The fourth-order valence-electron chi connectivity index (χ4n) is 3.31. The van der Waals surface area contributed by atoms with Gasteiger partial charge in [-0.15, -0.1) is 0 Å². The molecule has 10 heteroatoms. The lowest BCUT2D eigenvalue weighted by molar-refractivity contribution is -0.209. The minimum Gasteiger partial charge on any atom is -0.382 e. The van der Waals surface area contributed by atoms with Gasteiger partial charge in [-0.1, -0.05) is 0 Å². The van der Waals surface area contributed by atoms with E-state index in [9.17, 15) is 36.2 Å². The van der Waals surface area contributed by atoms with Gasteiger partial charge in [-0.05, 0) is 31.0 Å². The molecule has 1 aliphatic rings. The van der Waals surface area contributed by atoms with Crippen LogP contribution in [0.5, 0.6) is 0 Å². The van der Waals surface area contributed by atoms with Crippen molar-refractivity contribution < 1.29 is 31.4 Å². The number of H-pyrrole nitrogens is 1. The molecule has 1 fully saturated rings. The molecule has 1 aromatic heterocycles. The fraction of sp³-hybridized carbons (Fsp3) is 0.438. The fourth-order valence-corrected chi connectivity index (χ4v) is 3.31. The number of halogens is 6. The predicted molar refractivity (Wildman–Crippen MR) is 82.0 cm³/mol. The van der Waals surface area contributed by atoms with Gasteiger partial charge in [-0.25, -0.2) is 0 Å². The first-order valence-electron chi connectivity index (χ1n) is 7.74. The van der Waals surface area contributed by atoms with E-state index < -0.39 is 35.6 Å². The van der Waals surface area contributed by atoms with E-state index in [1.165, 1.54) is 17.0 Å². The first-order chi connectivity index (χ1) is 12.0. The normalized spacial score (nSPS) is 20.0. The third-order valence-electron chi connectivity index (χ3n) is 4.46. The van der Waals surface area contributed by atoms with Crippen LogP contribution in [0.4, 0.5) is 32.0 Å². The minimum absolute atomic E-state index is 0.0659. The Morgan fingerprint density at radius 1 is 1.15 bits per heavy atom. The maximum atomic E-state index is 13.2. The summed E-state index contributed by atoms with van der Waals surface area (Å²) in [7, 11) is 0. The van der Waals surface area contributed by atoms with Crippen LogP contribution in [0.15, 0.2) is 29.1 Å². The van der Waals surface area contributed by atoms with Crippen LogP contribution in [0, 0.1) is 0 Å². The van der Waals surface area contributed by atoms with Gasteiger partial charge in [0.15, 0.2) is 6.10 Å². The molecule has 0 unspecified atom stereocenters. The molecule has 2 N–H and O–H groups in total. The van der Waals surface area contributed by atoms with Crippen molar-refractivity contribution in [2.24, 2.45) is 0 Å². The molecule has 0 saturated carbocycles. The molecule has 4 nitrogen and oxygen atoms in total. The predicted octanol–water partition coefficient (Wildman–Crippen LogP) is 3.44. The number of hydrogen-bond acceptors (Lipinski definition) is 3. The molecule has 142 valence electrons. The molecule has 0 bridgehead atoms. The molecular weight excluding hydrogens is 366 g/mol. The van der Waals surface area contributed by atoms with Crippen molar-refractivity contribution in [2.45, 2.75) is 37.3 Å². The van der Waals surface area contributed by atoms with Gasteiger partial charge in [0.05, 0.1) is 11.6 Å². The number of aliphatic hydroxyl groups is 1. The summed E-state index contributed by atoms with van der Waals surface area (Å²) >= 11 is 0. The zero-order chi connectivity index (χ0) is 19.3. The molecule has 1 aliphatic heterocycles. The van der Waals surface area contributed by atoms with Crippen molar-refractivity contribution in [3.63, 3.8) is 0 Å². The second-order valence-electron chi connectivity index (χ2n) is 6.16. The average Bonchev–Trinajstić information content (AvgIpc) is 3.00. The number of pyridine rings is 1. The molecule has 0 aliphatic carbocycles. The molecule has 3 rings (SSSR count). The van der Waals surface area contributed by atoms with E-state index >= 15 is 0 Å². The number of alkyl halides is 6. The molecule has 0 amide bonds. The first kappa shape index (κ1) is 18.6. The van der Waals surface area contributed by atoms with E-state index in [2.05, 4.69) is 4.98 Å². The molecule has 1 saturated heterocycles. The van der Waals surface area contributed by atoms with Crippen molar-refractivity contribution in [3.05, 3.63) is 40.2 Å². The van der Waals surface area contributed by atoms with Crippen molar-refractivity contribution >= 4 is 16.6 Å². The van der Waals surface area contributed by atoms with Crippen molar-refractivity contribution in [3.8, 4) is 0 Å². The summed E-state index contributed by atoms with van der Waals surface area (Å²) in [5.74, 6) is 0. The second kappa shape index (κ2) is 6.19. The Balaban J connectivity index is 2.09. The number of anilines is 1. The number of fused-ring (bicyclic) bond motifs is 1. The Morgan fingerprint density at radius 3 is 2.46 bits per heavy atom. The van der Waals surface area contributed by atoms with E-state index in [0.717, 1.165) is 6.07 Å². The highest BCUT2D eigenvalue weighted by molar-refractivity contribution is 5.86. The second-order valence-corrected chi connectivity index (χ2v) is 6.16. The number of aromatic nitrogens is 1. The Kier molecular flexibility index (Phi) is 4.41. The zero-order valence-corrected chi connectivity index (χ0v) is 13.2. The van der Waals surface area contributed by atoms with Crippen molar-refractivity contribution in [2.75, 3.05) is 11.4 Å². The van der Waals surface area contributed by atoms with Crippen LogP contribution in [0.2, 0.25) is 0 Å². The van der Waals surface area contributed by atoms with E-state index in [-0.39, 0.29) is 29.6 Å². The van der Waals surface area contributed by atoms with Gasteiger partial charge < -0.3 is 15.0 Å². The van der Waals surface area contributed by atoms with Crippen LogP contribution in [-0.2, 0) is 6.18 Å². The lowest BCUT2D eigenvalue weighted by Gasteiger charge is -2.31. The van der Waals surface area contributed by atoms with Gasteiger partial charge in [0.2, 0.25) is 5.56 Å². The standard InChI is InChI=1S/C16H14F6N2O2/c17-15(18,19)10-7-13(25)23-11-4-3-8(6-9(10)11)24-5-1-2-12(24)14(26)16(20,21)22/h3-4,6-7,12,14,26H,1-2,5H2,(H,23,25)/t12-,14+/m1/s1. The third-order valence-corrected chi connectivity index (χ3v) is 4.46. The van der Waals surface area contributed by atoms with E-state index in [1.54, 1.807) is 0 Å². The Labute approximate surface area is 143 Å². The van der Waals surface area contributed by atoms with E-state index in [4.69, 9.17) is 0 Å². The monoisotopic (exact) mass is 380 g/mol. The number of aromatic amines is 1. The molecule has 26 heavy (non-hydrogen) atoms. The van der Waals surface area contributed by atoms with Gasteiger partial charge in [0, 0.05) is 29.2 Å². The molecule has 2 aromatic rings. The summed E-state index contributed by atoms with van der Waals surface area (Å²) < 4.78 is 78.2. The Morgan fingerprint density at radius 2 is 1.85 bits per heavy atom. The number of hydrogen-bond donors (Lipinski definition) is 2. The Bertz CT molecular complexity index is 874. The smallest absolute Gasteiger partial charge is 0.382 e. The Hall–Kier alpha value is -2.23. The lowest BCUT2D eigenvalue weighted by Crippen LogP contribution is -2.47. The van der Waals surface area contributed by atoms with Crippen LogP contribution < -0.4 is 10.5 Å². The summed E-state index contributed by atoms with van der Waals surface area (Å²) in [6.45, 7) is 0.175. The number of nitrogens with one attached hydrogen (secondary N) is 1. The highest BCUT2D eigenvalue weighted by atomic mass is 19.4. The topological polar surface area (TPSA) is 56.3 Å². The summed E-state index contributed by atoms with van der Waals surface area (Å²) in [6.07, 6.45) is -11.8. The van der Waals surface area contributed by atoms with Gasteiger partial charge in [0.1, 0.15) is 0 Å². The highest BCUT2D eigenvalue weighted by Gasteiger charge is 2.47. The van der Waals surface area contributed by atoms with Gasteiger partial charge in [0.25, 0.3) is 0 Å². The van der Waals surface area contributed by atoms with Gasteiger partial charge in [-0.3, -0.25) is 4.79 Å². The van der Waals surface area contributed by atoms with Gasteiger partial charge in [-0.2, -0.15) is 26.3 Å². The minimum atomic E-state index is -4.83. The SMILES string of the molecule is O=c1cc(C(F)(F)F)c2cc(N3CCC[C@@H]3[C@H](O)C(F)(F)F)ccc2[nH]1. The van der Waals surface area contributed by atoms with Crippen LogP contribution in [0.3, 0.4) is 0 Å². The third kappa shape index (κ3) is 3.37. The molecule has 0 radical (unpaired) electrons. The number of benzene rings is 1. The summed E-state index contributed by atoms with van der Waals surface area (Å²) in [6, 6.07) is 2.79. The van der Waals surface area contributed by atoms with Crippen LogP contribution >= 0.6 is 0 Å². The first-order valence-corrected chi connectivity index (χ1v) is 7.74. The molecule has 2 heterocycles. The summed E-state index contributed by atoms with van der Waals surface area (Å²) in [5, 5.41) is 9.24. The summed E-state index contributed by atoms with van der Waals surface area (Å²) in [5.41, 5.74) is -2.03. The number of rotatable bonds is 2. The molecular formula is C16H14F6N2O2. The molecule has 1 aromatic carbocycles. The van der Waals surface area contributed by atoms with Crippen molar-refractivity contribution in [1.29, 1.82) is 0 Å². The van der Waals surface area contributed by atoms with Gasteiger partial charge >= 0.3 is 12.4 Å². The average molecular weight is 380 g/mol. The van der Waals surface area contributed by atoms with Crippen LogP contribution in [0.25, 0.3) is 10.9 Å². The van der Waals surface area contributed by atoms with E-state index in [1.807, 2.05) is 0 Å². The quantitative estimate of drug-likeness (QED) is 0.785. The maximum Gasteiger partial charge on any atom is 0.417 e. The van der Waals surface area contributed by atoms with Crippen LogP contribution in [-0.4, -0.2) is 35.0 Å². The zero-order valence-electron chi connectivity index (χ0n) is 13.2. The molecule has 0 spiro atoms. The number of aliphatic hydroxyl groups excluding tert-OH is 1. The largest absolute Gasteiger partial charge is 0.417 e. The molecule has 2 atom stereocenters. The number of nitrogens with zero attached hydrogens (tertiary/aromatic N) is 1.